The van der Waals surface area contributed by atoms with Gasteiger partial charge in [0.15, 0.2) is 18.1 Å². The number of amides is 1. The van der Waals surface area contributed by atoms with Crippen LogP contribution < -0.4 is 19.5 Å². The largest absolute Gasteiger partial charge is 0.493 e. The summed E-state index contributed by atoms with van der Waals surface area (Å²) in [7, 11) is 3.10. The summed E-state index contributed by atoms with van der Waals surface area (Å²) in [6.07, 6.45) is 1.89. The molecule has 8 nitrogen and oxygen atoms in total. The maximum absolute atomic E-state index is 12.4. The molecule has 0 spiro atoms. The number of hydrogen-bond acceptors (Lipinski definition) is 6. The van der Waals surface area contributed by atoms with Gasteiger partial charge in [-0.3, -0.25) is 4.79 Å². The van der Waals surface area contributed by atoms with Crippen molar-refractivity contribution in [3.63, 3.8) is 0 Å². The van der Waals surface area contributed by atoms with Crippen LogP contribution in [0.25, 0.3) is 6.08 Å². The smallest absolute Gasteiger partial charge is 0.341 e. The molecule has 0 bridgehead atoms. The first-order chi connectivity index (χ1) is 14.5. The number of hydrogen-bond donors (Lipinski definition) is 2. The fourth-order valence-electron chi connectivity index (χ4n) is 2.63. The number of nitrogens with one attached hydrogen (secondary N) is 1. The van der Waals surface area contributed by atoms with Crippen LogP contribution in [0.1, 0.15) is 11.1 Å². The first-order valence-corrected chi connectivity index (χ1v) is 9.03. The number of nitriles is 1. The van der Waals surface area contributed by atoms with E-state index in [1.54, 1.807) is 44.6 Å². The molecular weight excluding hydrogens is 388 g/mol. The van der Waals surface area contributed by atoms with E-state index in [0.29, 0.717) is 30.0 Å². The van der Waals surface area contributed by atoms with E-state index in [9.17, 15) is 14.9 Å². The third kappa shape index (κ3) is 6.27. The second-order valence-electron chi connectivity index (χ2n) is 6.09. The molecule has 0 saturated carbocycles. The van der Waals surface area contributed by atoms with Crippen molar-refractivity contribution >= 4 is 18.0 Å². The Morgan fingerprint density at radius 3 is 2.50 bits per heavy atom. The number of carboxylic acids is 1. The first-order valence-electron chi connectivity index (χ1n) is 9.03. The van der Waals surface area contributed by atoms with Crippen LogP contribution in [0.4, 0.5) is 0 Å². The number of carboxylic acid groups (broad SMARTS) is 1. The molecule has 2 N–H and O–H groups in total. The molecule has 156 valence electrons. The van der Waals surface area contributed by atoms with E-state index in [2.05, 4.69) is 5.32 Å². The predicted molar refractivity (Wildman–Crippen MR) is 109 cm³/mol. The van der Waals surface area contributed by atoms with Gasteiger partial charge in [0.05, 0.1) is 14.2 Å². The number of ether oxygens (including phenoxy) is 3. The molecule has 0 radical (unpaired) electrons. The van der Waals surface area contributed by atoms with Gasteiger partial charge in [-0.05, 0) is 36.3 Å². The Kier molecular flexibility index (Phi) is 8.27. The van der Waals surface area contributed by atoms with Crippen LogP contribution in [0.2, 0.25) is 0 Å². The SMILES string of the molecule is COc1ccc(CCNC(=O)/C(C#N)=C/c2ccccc2OCC(=O)O)cc1OC. The van der Waals surface area contributed by atoms with Crippen LogP contribution in [-0.4, -0.2) is 44.4 Å². The number of aliphatic carboxylic acids is 1. The lowest BCUT2D eigenvalue weighted by molar-refractivity contribution is -0.139. The van der Waals surface area contributed by atoms with Crippen molar-refractivity contribution in [2.45, 2.75) is 6.42 Å². The zero-order chi connectivity index (χ0) is 21.9. The van der Waals surface area contributed by atoms with Gasteiger partial charge in [-0.2, -0.15) is 5.26 Å². The van der Waals surface area contributed by atoms with E-state index in [0.717, 1.165) is 5.56 Å². The normalized spacial score (nSPS) is 10.6. The number of carbonyl (C=O) groups excluding carboxylic acids is 1. The van der Waals surface area contributed by atoms with Gasteiger partial charge in [0.1, 0.15) is 17.4 Å². The molecule has 8 heteroatoms. The van der Waals surface area contributed by atoms with Crippen molar-refractivity contribution in [1.29, 1.82) is 5.26 Å². The van der Waals surface area contributed by atoms with Gasteiger partial charge in [0, 0.05) is 12.1 Å². The highest BCUT2D eigenvalue weighted by Crippen LogP contribution is 2.27. The molecule has 0 atom stereocenters. The summed E-state index contributed by atoms with van der Waals surface area (Å²) in [6.45, 7) is -0.214. The van der Waals surface area contributed by atoms with Crippen LogP contribution in [0.15, 0.2) is 48.0 Å². The van der Waals surface area contributed by atoms with E-state index in [-0.39, 0.29) is 11.3 Å². The lowest BCUT2D eigenvalue weighted by atomic mass is 10.1. The summed E-state index contributed by atoms with van der Waals surface area (Å²) >= 11 is 0. The van der Waals surface area contributed by atoms with Crippen LogP contribution in [0, 0.1) is 11.3 Å². The van der Waals surface area contributed by atoms with Gasteiger partial charge in [-0.1, -0.05) is 24.3 Å². The zero-order valence-corrected chi connectivity index (χ0v) is 16.7. The number of benzene rings is 2. The van der Waals surface area contributed by atoms with Gasteiger partial charge >= 0.3 is 5.97 Å². The monoisotopic (exact) mass is 410 g/mol. The molecule has 30 heavy (non-hydrogen) atoms. The summed E-state index contributed by atoms with van der Waals surface area (Å²) in [5, 5.41) is 20.8. The number of para-hydroxylation sites is 1. The number of methoxy groups -OCH3 is 2. The van der Waals surface area contributed by atoms with Crippen LogP contribution in [0.3, 0.4) is 0 Å². The van der Waals surface area contributed by atoms with Gasteiger partial charge in [-0.15, -0.1) is 0 Å². The average molecular weight is 410 g/mol. The Morgan fingerprint density at radius 2 is 1.83 bits per heavy atom. The lowest BCUT2D eigenvalue weighted by Gasteiger charge is -2.10. The van der Waals surface area contributed by atoms with Gasteiger partial charge in [-0.25, -0.2) is 4.79 Å². The van der Waals surface area contributed by atoms with E-state index in [1.165, 1.54) is 6.08 Å². The summed E-state index contributed by atoms with van der Waals surface area (Å²) in [5.41, 5.74) is 1.25. The topological polar surface area (TPSA) is 118 Å². The van der Waals surface area contributed by atoms with Crippen molar-refractivity contribution in [2.24, 2.45) is 0 Å². The van der Waals surface area contributed by atoms with E-state index < -0.39 is 18.5 Å². The minimum Gasteiger partial charge on any atom is -0.493 e. The third-order valence-corrected chi connectivity index (χ3v) is 4.08. The summed E-state index contributed by atoms with van der Waals surface area (Å²) in [5.74, 6) is -0.181. The van der Waals surface area contributed by atoms with Crippen molar-refractivity contribution in [3.8, 4) is 23.3 Å². The van der Waals surface area contributed by atoms with E-state index in [1.807, 2.05) is 18.2 Å². The zero-order valence-electron chi connectivity index (χ0n) is 16.7. The Morgan fingerprint density at radius 1 is 1.10 bits per heavy atom. The Hall–Kier alpha value is -3.99. The second kappa shape index (κ2) is 11.1. The van der Waals surface area contributed by atoms with Crippen LogP contribution >= 0.6 is 0 Å². The molecule has 0 saturated heterocycles. The quantitative estimate of drug-likeness (QED) is 0.456. The molecule has 2 rings (SSSR count). The molecule has 1 amide bonds. The molecule has 0 aliphatic rings. The van der Waals surface area contributed by atoms with Crippen molar-refractivity contribution in [1.82, 2.24) is 5.32 Å². The van der Waals surface area contributed by atoms with Crippen LogP contribution in [0.5, 0.6) is 17.2 Å². The highest BCUT2D eigenvalue weighted by atomic mass is 16.5. The molecule has 0 aliphatic carbocycles. The van der Waals surface area contributed by atoms with E-state index >= 15 is 0 Å². The van der Waals surface area contributed by atoms with Crippen molar-refractivity contribution in [3.05, 3.63) is 59.2 Å². The number of nitrogens with zero attached hydrogens (tertiary/aromatic N) is 1. The second-order valence-corrected chi connectivity index (χ2v) is 6.09. The standard InChI is InChI=1S/C22H22N2O6/c1-28-19-8-7-15(11-20(19)29-2)9-10-24-22(27)17(13-23)12-16-5-3-4-6-18(16)30-14-21(25)26/h3-8,11-12H,9-10,14H2,1-2H3,(H,24,27)(H,25,26)/b17-12+. The summed E-state index contributed by atoms with van der Waals surface area (Å²) in [4.78, 5) is 23.1. The summed E-state index contributed by atoms with van der Waals surface area (Å²) in [6, 6.07) is 13.9. The predicted octanol–water partition coefficient (Wildman–Crippen LogP) is 2.43. The van der Waals surface area contributed by atoms with E-state index in [4.69, 9.17) is 19.3 Å². The van der Waals surface area contributed by atoms with Crippen molar-refractivity contribution < 1.29 is 28.9 Å². The molecule has 0 heterocycles. The molecular formula is C22H22N2O6. The molecule has 2 aromatic rings. The Labute approximate surface area is 174 Å². The summed E-state index contributed by atoms with van der Waals surface area (Å²) < 4.78 is 15.7. The maximum Gasteiger partial charge on any atom is 0.341 e. The highest BCUT2D eigenvalue weighted by Gasteiger charge is 2.12. The number of carbonyl (C=O) groups is 2. The molecule has 0 aliphatic heterocycles. The minimum atomic E-state index is -1.12. The van der Waals surface area contributed by atoms with Crippen LogP contribution in [-0.2, 0) is 16.0 Å². The third-order valence-electron chi connectivity index (χ3n) is 4.08. The fraction of sp³-hybridized carbons (Fsp3) is 0.227. The van der Waals surface area contributed by atoms with Gasteiger partial charge in [0.2, 0.25) is 0 Å². The highest BCUT2D eigenvalue weighted by molar-refractivity contribution is 6.02. The average Bonchev–Trinajstić information content (AvgIpc) is 2.76. The molecule has 0 unspecified atom stereocenters. The lowest BCUT2D eigenvalue weighted by Crippen LogP contribution is -2.26. The van der Waals surface area contributed by atoms with Crippen molar-refractivity contribution in [2.75, 3.05) is 27.4 Å². The Bertz CT molecular complexity index is 978. The fourth-order valence-corrected chi connectivity index (χ4v) is 2.63. The molecule has 0 aromatic heterocycles. The first kappa shape index (κ1) is 22.3. The maximum atomic E-state index is 12.4. The minimum absolute atomic E-state index is 0.117. The van der Waals surface area contributed by atoms with Gasteiger partial charge in [0.25, 0.3) is 5.91 Å². The van der Waals surface area contributed by atoms with Gasteiger partial charge < -0.3 is 24.6 Å². The Balaban J connectivity index is 2.04. The molecule has 2 aromatic carbocycles. The molecule has 0 fully saturated rings. The number of rotatable bonds is 10.